The van der Waals surface area contributed by atoms with Gasteiger partial charge in [-0.2, -0.15) is 4.31 Å². The Hall–Kier alpha value is -2.55. The van der Waals surface area contributed by atoms with Crippen LogP contribution in [-0.4, -0.2) is 61.2 Å². The third kappa shape index (κ3) is 4.62. The predicted molar refractivity (Wildman–Crippen MR) is 124 cm³/mol. The maximum atomic E-state index is 13.3. The first-order valence-electron chi connectivity index (χ1n) is 11.0. The number of piperazine rings is 1. The fourth-order valence-corrected chi connectivity index (χ4v) is 6.03. The van der Waals surface area contributed by atoms with Crippen molar-refractivity contribution in [1.82, 2.24) is 19.5 Å². The number of allylic oxidation sites excluding steroid dienone is 1. The molecule has 4 rings (SSSR count). The predicted octanol–water partition coefficient (Wildman–Crippen LogP) is 2.69. The van der Waals surface area contributed by atoms with Crippen LogP contribution in [0.15, 0.2) is 60.3 Å². The van der Waals surface area contributed by atoms with Crippen molar-refractivity contribution in [2.24, 2.45) is 5.92 Å². The highest BCUT2D eigenvalue weighted by Crippen LogP contribution is 2.35. The van der Waals surface area contributed by atoms with E-state index in [2.05, 4.69) is 16.9 Å². The highest BCUT2D eigenvalue weighted by Gasteiger charge is 2.39. The van der Waals surface area contributed by atoms with Crippen molar-refractivity contribution in [1.29, 1.82) is 0 Å². The lowest BCUT2D eigenvalue weighted by Crippen LogP contribution is -2.54. The minimum absolute atomic E-state index is 0.0627. The molecule has 7 nitrogen and oxygen atoms in total. The van der Waals surface area contributed by atoms with Gasteiger partial charge in [0.25, 0.3) is 0 Å². The minimum Gasteiger partial charge on any atom is -0.333 e. The summed E-state index contributed by atoms with van der Waals surface area (Å²) in [7, 11) is -3.74. The van der Waals surface area contributed by atoms with Gasteiger partial charge in [0.2, 0.25) is 15.9 Å². The number of pyridine rings is 1. The van der Waals surface area contributed by atoms with E-state index in [0.717, 1.165) is 42.6 Å². The third-order valence-corrected chi connectivity index (χ3v) is 8.28. The number of nitrogens with zero attached hydrogens (tertiary/aromatic N) is 3. The number of amides is 1. The van der Waals surface area contributed by atoms with Crippen molar-refractivity contribution in [3.8, 4) is 0 Å². The Bertz CT molecular complexity index is 1060. The zero-order chi connectivity index (χ0) is 22.7. The van der Waals surface area contributed by atoms with Crippen LogP contribution >= 0.6 is 0 Å². The first-order chi connectivity index (χ1) is 15.4. The molecule has 170 valence electrons. The molecule has 1 aromatic carbocycles. The minimum atomic E-state index is -3.74. The van der Waals surface area contributed by atoms with Gasteiger partial charge in [0.1, 0.15) is 0 Å². The van der Waals surface area contributed by atoms with Crippen LogP contribution in [0, 0.1) is 5.92 Å². The second kappa shape index (κ2) is 9.52. The molecule has 1 unspecified atom stereocenters. The number of aromatic nitrogens is 1. The molecule has 0 bridgehead atoms. The second-order valence-corrected chi connectivity index (χ2v) is 10.5. The largest absolute Gasteiger partial charge is 0.333 e. The Morgan fingerprint density at radius 3 is 2.34 bits per heavy atom. The average Bonchev–Trinajstić information content (AvgIpc) is 2.81. The first kappa shape index (κ1) is 22.6. The van der Waals surface area contributed by atoms with Crippen molar-refractivity contribution in [3.05, 3.63) is 66.5 Å². The summed E-state index contributed by atoms with van der Waals surface area (Å²) in [6.07, 6.45) is 5.47. The number of hydrogen-bond donors (Lipinski definition) is 1. The van der Waals surface area contributed by atoms with Crippen LogP contribution in [0.25, 0.3) is 5.57 Å². The Labute approximate surface area is 190 Å². The number of piperidine rings is 1. The molecule has 2 aliphatic rings. The van der Waals surface area contributed by atoms with E-state index >= 15 is 0 Å². The molecule has 8 heteroatoms. The van der Waals surface area contributed by atoms with E-state index in [0.29, 0.717) is 12.5 Å². The van der Waals surface area contributed by atoms with Crippen molar-refractivity contribution < 1.29 is 13.2 Å². The summed E-state index contributed by atoms with van der Waals surface area (Å²) in [5.41, 5.74) is 2.83. The Morgan fingerprint density at radius 1 is 1.09 bits per heavy atom. The van der Waals surface area contributed by atoms with E-state index in [4.69, 9.17) is 0 Å². The Morgan fingerprint density at radius 2 is 1.75 bits per heavy atom. The fraction of sp³-hybridized carbons (Fsp3) is 0.417. The van der Waals surface area contributed by atoms with Gasteiger partial charge in [-0.1, -0.05) is 24.3 Å². The Kier molecular flexibility index (Phi) is 6.74. The third-order valence-electron chi connectivity index (χ3n) is 6.42. The van der Waals surface area contributed by atoms with Gasteiger partial charge in [-0.25, -0.2) is 8.42 Å². The number of carbonyl (C=O) groups is 1. The standard InChI is InChI=1S/C24H30N4O3S/c1-18(2)19-3-5-22(6-4-19)32(30,31)27-15-16-28(23(29)17-27)24(20-7-11-25-12-8-20)21-9-13-26-14-10-21/h3-8,11-12,21,24,26H,1,9-10,13-17H2,2H3. The van der Waals surface area contributed by atoms with Gasteiger partial charge in [0, 0.05) is 25.5 Å². The van der Waals surface area contributed by atoms with Crippen LogP contribution < -0.4 is 5.32 Å². The molecular weight excluding hydrogens is 424 g/mol. The molecule has 0 spiro atoms. The molecule has 1 amide bonds. The van der Waals surface area contributed by atoms with Crippen LogP contribution in [0.4, 0.5) is 0 Å². The molecule has 1 atom stereocenters. The van der Waals surface area contributed by atoms with E-state index in [-0.39, 0.29) is 29.9 Å². The molecule has 2 aliphatic heterocycles. The summed E-state index contributed by atoms with van der Waals surface area (Å²) in [5, 5.41) is 3.38. The van der Waals surface area contributed by atoms with Gasteiger partial charge in [-0.05, 0) is 74.2 Å². The van der Waals surface area contributed by atoms with Gasteiger partial charge >= 0.3 is 0 Å². The van der Waals surface area contributed by atoms with Gasteiger partial charge < -0.3 is 10.2 Å². The molecular formula is C24H30N4O3S. The molecule has 2 saturated heterocycles. The van der Waals surface area contributed by atoms with Gasteiger partial charge in [-0.3, -0.25) is 9.78 Å². The van der Waals surface area contributed by atoms with Gasteiger partial charge in [0.15, 0.2) is 0 Å². The zero-order valence-electron chi connectivity index (χ0n) is 18.4. The molecule has 32 heavy (non-hydrogen) atoms. The van der Waals surface area contributed by atoms with Gasteiger partial charge in [0.05, 0.1) is 17.5 Å². The number of carbonyl (C=O) groups excluding carboxylic acids is 1. The number of rotatable bonds is 6. The highest BCUT2D eigenvalue weighted by atomic mass is 32.2. The lowest BCUT2D eigenvalue weighted by Gasteiger charge is -2.43. The number of nitrogens with one attached hydrogen (secondary N) is 1. The highest BCUT2D eigenvalue weighted by molar-refractivity contribution is 7.89. The normalized spacial score (nSPS) is 19.7. The fourth-order valence-electron chi connectivity index (χ4n) is 4.65. The van der Waals surface area contributed by atoms with Crippen LogP contribution in [0.1, 0.15) is 36.9 Å². The molecule has 1 aromatic heterocycles. The van der Waals surface area contributed by atoms with Crippen LogP contribution in [0.3, 0.4) is 0 Å². The summed E-state index contributed by atoms with van der Waals surface area (Å²) in [6.45, 7) is 8.13. The summed E-state index contributed by atoms with van der Waals surface area (Å²) in [5.74, 6) is 0.180. The summed E-state index contributed by atoms with van der Waals surface area (Å²) in [6, 6.07) is 10.6. The van der Waals surface area contributed by atoms with Crippen molar-refractivity contribution in [2.45, 2.75) is 30.7 Å². The Balaban J connectivity index is 1.54. The quantitative estimate of drug-likeness (QED) is 0.726. The SMILES string of the molecule is C=C(C)c1ccc(S(=O)(=O)N2CCN(C(c3ccncc3)C3CCNCC3)C(=O)C2)cc1. The van der Waals surface area contributed by atoms with E-state index in [1.54, 1.807) is 36.7 Å². The lowest BCUT2D eigenvalue weighted by molar-refractivity contribution is -0.138. The van der Waals surface area contributed by atoms with Crippen LogP contribution in [0.5, 0.6) is 0 Å². The maximum absolute atomic E-state index is 13.3. The second-order valence-electron chi connectivity index (χ2n) is 8.54. The maximum Gasteiger partial charge on any atom is 0.243 e. The topological polar surface area (TPSA) is 82.6 Å². The van der Waals surface area contributed by atoms with Crippen molar-refractivity contribution in [2.75, 3.05) is 32.7 Å². The van der Waals surface area contributed by atoms with Crippen molar-refractivity contribution >= 4 is 21.5 Å². The molecule has 2 aromatic rings. The number of benzene rings is 1. The average molecular weight is 455 g/mol. The van der Waals surface area contributed by atoms with E-state index in [9.17, 15) is 13.2 Å². The van der Waals surface area contributed by atoms with Gasteiger partial charge in [-0.15, -0.1) is 0 Å². The number of hydrogen-bond acceptors (Lipinski definition) is 5. The van der Waals surface area contributed by atoms with Crippen LogP contribution in [0.2, 0.25) is 0 Å². The molecule has 0 radical (unpaired) electrons. The van der Waals surface area contributed by atoms with Crippen molar-refractivity contribution in [3.63, 3.8) is 0 Å². The molecule has 3 heterocycles. The molecule has 0 aliphatic carbocycles. The van der Waals surface area contributed by atoms with E-state index in [1.807, 2.05) is 24.0 Å². The molecule has 1 N–H and O–H groups in total. The first-order valence-corrected chi connectivity index (χ1v) is 12.5. The van der Waals surface area contributed by atoms with E-state index in [1.165, 1.54) is 4.31 Å². The smallest absolute Gasteiger partial charge is 0.243 e. The summed E-state index contributed by atoms with van der Waals surface area (Å²) in [4.78, 5) is 19.5. The summed E-state index contributed by atoms with van der Waals surface area (Å²) < 4.78 is 27.7. The zero-order valence-corrected chi connectivity index (χ0v) is 19.2. The summed E-state index contributed by atoms with van der Waals surface area (Å²) >= 11 is 0. The monoisotopic (exact) mass is 454 g/mol. The lowest BCUT2D eigenvalue weighted by atomic mass is 9.85. The molecule has 2 fully saturated rings. The van der Waals surface area contributed by atoms with E-state index < -0.39 is 10.0 Å². The van der Waals surface area contributed by atoms with Crippen LogP contribution in [-0.2, 0) is 14.8 Å². The molecule has 0 saturated carbocycles. The number of sulfonamides is 1.